The Morgan fingerprint density at radius 3 is 2.20 bits per heavy atom. The van der Waals surface area contributed by atoms with Gasteiger partial charge in [0.15, 0.2) is 0 Å². The van der Waals surface area contributed by atoms with Crippen molar-refractivity contribution in [3.8, 4) is 0 Å². The Morgan fingerprint density at radius 1 is 0.920 bits per heavy atom. The van der Waals surface area contributed by atoms with Gasteiger partial charge in [0.05, 0.1) is 0 Å². The number of H-pyrrole nitrogens is 1. The molecule has 25 heavy (non-hydrogen) atoms. The van der Waals surface area contributed by atoms with Gasteiger partial charge in [-0.3, -0.25) is 5.10 Å². The molecule has 0 aliphatic heterocycles. The lowest BCUT2D eigenvalue weighted by atomic mass is 10.1. The minimum Gasteiger partial charge on any atom is -0.374 e. The molecular weight excluding hydrogens is 354 g/mol. The van der Waals surface area contributed by atoms with Crippen LogP contribution in [0.15, 0.2) is 5.16 Å². The molecule has 1 aromatic heterocycles. The second kappa shape index (κ2) is 13.7. The van der Waals surface area contributed by atoms with Gasteiger partial charge in [0.25, 0.3) is 0 Å². The van der Waals surface area contributed by atoms with Gasteiger partial charge in [-0.25, -0.2) is 4.98 Å². The zero-order valence-electron chi connectivity index (χ0n) is 16.3. The summed E-state index contributed by atoms with van der Waals surface area (Å²) in [6.45, 7) is 10.1. The third-order valence-electron chi connectivity index (χ3n) is 3.73. The topological polar surface area (TPSA) is 69.3 Å². The Morgan fingerprint density at radius 2 is 1.60 bits per heavy atom. The van der Waals surface area contributed by atoms with Crippen molar-refractivity contribution in [3.63, 3.8) is 0 Å². The van der Waals surface area contributed by atoms with Gasteiger partial charge in [0, 0.05) is 38.0 Å². The predicted molar refractivity (Wildman–Crippen MR) is 105 cm³/mol. The summed E-state index contributed by atoms with van der Waals surface area (Å²) >= 11 is 1.68. The SMILES string of the molecule is CCCCCCc1nc(SCCC[Si](OCC)(OCC)OCC)n[nH]1. The number of aromatic amines is 1. The number of nitrogens with one attached hydrogen (secondary N) is 1. The van der Waals surface area contributed by atoms with Gasteiger partial charge < -0.3 is 13.3 Å². The summed E-state index contributed by atoms with van der Waals surface area (Å²) in [6.07, 6.45) is 6.95. The number of nitrogens with zero attached hydrogens (tertiary/aromatic N) is 2. The lowest BCUT2D eigenvalue weighted by molar-refractivity contribution is 0.0712. The van der Waals surface area contributed by atoms with Crippen LogP contribution in [0.1, 0.15) is 65.6 Å². The van der Waals surface area contributed by atoms with E-state index in [1.165, 1.54) is 25.7 Å². The van der Waals surface area contributed by atoms with Crippen molar-refractivity contribution in [1.29, 1.82) is 0 Å². The molecule has 0 atom stereocenters. The highest BCUT2D eigenvalue weighted by Crippen LogP contribution is 2.22. The molecule has 1 aromatic rings. The first-order valence-electron chi connectivity index (χ1n) is 9.65. The van der Waals surface area contributed by atoms with E-state index in [0.29, 0.717) is 19.8 Å². The summed E-state index contributed by atoms with van der Waals surface area (Å²) in [5.74, 6) is 1.94. The molecule has 1 heterocycles. The first-order valence-corrected chi connectivity index (χ1v) is 12.6. The van der Waals surface area contributed by atoms with Crippen molar-refractivity contribution < 1.29 is 13.3 Å². The normalized spacial score (nSPS) is 12.0. The quantitative estimate of drug-likeness (QED) is 0.256. The van der Waals surface area contributed by atoms with E-state index in [1.807, 2.05) is 20.8 Å². The van der Waals surface area contributed by atoms with E-state index in [1.54, 1.807) is 11.8 Å². The van der Waals surface area contributed by atoms with Crippen molar-refractivity contribution in [2.75, 3.05) is 25.6 Å². The minimum absolute atomic E-state index is 0.627. The minimum atomic E-state index is -2.52. The van der Waals surface area contributed by atoms with Crippen LogP contribution < -0.4 is 0 Å². The van der Waals surface area contributed by atoms with Gasteiger partial charge in [0.2, 0.25) is 5.16 Å². The second-order valence-corrected chi connectivity index (χ2v) is 9.60. The van der Waals surface area contributed by atoms with Crippen LogP contribution in [-0.4, -0.2) is 49.6 Å². The summed E-state index contributed by atoms with van der Waals surface area (Å²) in [5.41, 5.74) is 0. The molecule has 146 valence electrons. The molecule has 0 saturated carbocycles. The van der Waals surface area contributed by atoms with E-state index < -0.39 is 8.80 Å². The van der Waals surface area contributed by atoms with Crippen molar-refractivity contribution in [1.82, 2.24) is 15.2 Å². The summed E-state index contributed by atoms with van der Waals surface area (Å²) in [4.78, 5) is 4.56. The van der Waals surface area contributed by atoms with Crippen LogP contribution in [0, 0.1) is 0 Å². The largest absolute Gasteiger partial charge is 0.500 e. The smallest absolute Gasteiger partial charge is 0.374 e. The van der Waals surface area contributed by atoms with Crippen LogP contribution in [0.4, 0.5) is 0 Å². The van der Waals surface area contributed by atoms with Crippen molar-refractivity contribution in [3.05, 3.63) is 5.82 Å². The average molecular weight is 390 g/mol. The van der Waals surface area contributed by atoms with Crippen LogP contribution in [0.5, 0.6) is 0 Å². The Labute approximate surface area is 158 Å². The molecule has 0 saturated heterocycles. The van der Waals surface area contributed by atoms with Crippen LogP contribution in [-0.2, 0) is 19.7 Å². The molecule has 1 N–H and O–H groups in total. The molecule has 8 heteroatoms. The van der Waals surface area contributed by atoms with Crippen molar-refractivity contribution in [2.24, 2.45) is 0 Å². The fourth-order valence-electron chi connectivity index (χ4n) is 2.63. The number of unbranched alkanes of at least 4 members (excludes halogenated alkanes) is 3. The van der Waals surface area contributed by atoms with Crippen LogP contribution in [0.2, 0.25) is 6.04 Å². The van der Waals surface area contributed by atoms with Gasteiger partial charge in [0.1, 0.15) is 5.82 Å². The molecule has 0 bridgehead atoms. The molecule has 0 unspecified atom stereocenters. The zero-order chi connectivity index (χ0) is 18.4. The number of thioether (sulfide) groups is 1. The standard InChI is InChI=1S/C17H35N3O3SSi/c1-5-9-10-11-13-16-18-17(20-19-16)24-14-12-15-25(21-6-2,22-7-3)23-8-4/h5-15H2,1-4H3,(H,18,19,20). The third kappa shape index (κ3) is 9.19. The first kappa shape index (κ1) is 22.6. The fraction of sp³-hybridized carbons (Fsp3) is 0.882. The van der Waals surface area contributed by atoms with E-state index >= 15 is 0 Å². The molecule has 0 aliphatic rings. The molecular formula is C17H35N3O3SSi. The van der Waals surface area contributed by atoms with Crippen LogP contribution in [0.25, 0.3) is 0 Å². The fourth-order valence-corrected chi connectivity index (χ4v) is 6.25. The van der Waals surface area contributed by atoms with Crippen molar-refractivity contribution in [2.45, 2.75) is 77.4 Å². The molecule has 0 fully saturated rings. The van der Waals surface area contributed by atoms with Gasteiger partial charge in [-0.1, -0.05) is 37.9 Å². The Balaban J connectivity index is 2.34. The lowest BCUT2D eigenvalue weighted by Crippen LogP contribution is -2.46. The highest BCUT2D eigenvalue weighted by molar-refractivity contribution is 7.99. The average Bonchev–Trinajstić information content (AvgIpc) is 3.04. The second-order valence-electron chi connectivity index (χ2n) is 5.81. The van der Waals surface area contributed by atoms with Gasteiger partial charge >= 0.3 is 8.80 Å². The Bertz CT molecular complexity index is 432. The zero-order valence-corrected chi connectivity index (χ0v) is 18.1. The summed E-state index contributed by atoms with van der Waals surface area (Å²) in [6, 6.07) is 0.837. The number of hydrogen-bond donors (Lipinski definition) is 1. The van der Waals surface area contributed by atoms with E-state index in [2.05, 4.69) is 22.1 Å². The Hall–Kier alpha value is -0.413. The monoisotopic (exact) mass is 389 g/mol. The molecule has 0 spiro atoms. The summed E-state index contributed by atoms with van der Waals surface area (Å²) in [7, 11) is -2.52. The van der Waals surface area contributed by atoms with Crippen LogP contribution in [0.3, 0.4) is 0 Å². The molecule has 0 aliphatic carbocycles. The number of rotatable bonds is 16. The predicted octanol–water partition coefficient (Wildman–Crippen LogP) is 4.46. The maximum atomic E-state index is 5.88. The summed E-state index contributed by atoms with van der Waals surface area (Å²) in [5, 5.41) is 8.19. The molecule has 0 aromatic carbocycles. The van der Waals surface area contributed by atoms with Crippen LogP contribution >= 0.6 is 11.8 Å². The number of hydrogen-bond acceptors (Lipinski definition) is 6. The maximum Gasteiger partial charge on any atom is 0.500 e. The third-order valence-corrected chi connectivity index (χ3v) is 7.81. The highest BCUT2D eigenvalue weighted by atomic mass is 32.2. The lowest BCUT2D eigenvalue weighted by Gasteiger charge is -2.28. The number of aryl methyl sites for hydroxylation is 1. The van der Waals surface area contributed by atoms with E-state index in [0.717, 1.165) is 35.6 Å². The maximum absolute atomic E-state index is 5.88. The van der Waals surface area contributed by atoms with E-state index in [9.17, 15) is 0 Å². The molecule has 1 rings (SSSR count). The van der Waals surface area contributed by atoms with Crippen molar-refractivity contribution >= 4 is 20.6 Å². The first-order chi connectivity index (χ1) is 12.2. The molecule has 0 amide bonds. The number of aromatic nitrogens is 3. The van der Waals surface area contributed by atoms with E-state index in [4.69, 9.17) is 13.3 Å². The molecule has 0 radical (unpaired) electrons. The highest BCUT2D eigenvalue weighted by Gasteiger charge is 2.39. The van der Waals surface area contributed by atoms with Gasteiger partial charge in [-0.15, -0.1) is 5.10 Å². The molecule has 6 nitrogen and oxygen atoms in total. The van der Waals surface area contributed by atoms with E-state index in [-0.39, 0.29) is 0 Å². The Kier molecular flexibility index (Phi) is 12.4. The van der Waals surface area contributed by atoms with Gasteiger partial charge in [-0.2, -0.15) is 0 Å². The van der Waals surface area contributed by atoms with Gasteiger partial charge in [-0.05, 0) is 33.6 Å². The summed E-state index contributed by atoms with van der Waals surface area (Å²) < 4.78 is 17.6.